The first-order valence-corrected chi connectivity index (χ1v) is 11.8. The number of ether oxygens (including phenoxy) is 5. The minimum Gasteiger partial charge on any atom is -0.462 e. The highest BCUT2D eigenvalue weighted by Gasteiger charge is 2.54. The van der Waals surface area contributed by atoms with Gasteiger partial charge in [-0.1, -0.05) is 18.2 Å². The van der Waals surface area contributed by atoms with Crippen molar-refractivity contribution >= 4 is 17.9 Å². The summed E-state index contributed by atoms with van der Waals surface area (Å²) in [6.45, 7) is 12.6. The summed E-state index contributed by atoms with van der Waals surface area (Å²) in [4.78, 5) is 34.9. The summed E-state index contributed by atoms with van der Waals surface area (Å²) in [6, 6.07) is 0. The number of hydrogen-bond acceptors (Lipinski definition) is 8. The second-order valence-electron chi connectivity index (χ2n) is 9.68. The first-order chi connectivity index (χ1) is 16.0. The van der Waals surface area contributed by atoms with Crippen LogP contribution in [0.1, 0.15) is 66.7 Å². The van der Waals surface area contributed by atoms with Crippen LogP contribution in [0, 0.1) is 11.8 Å². The molecule has 6 atom stereocenters. The minimum absolute atomic E-state index is 0.100. The van der Waals surface area contributed by atoms with E-state index in [0.717, 1.165) is 42.4 Å². The molecule has 0 N–H and O–H groups in total. The molecule has 188 valence electrons. The van der Waals surface area contributed by atoms with E-state index in [-0.39, 0.29) is 36.1 Å². The van der Waals surface area contributed by atoms with E-state index in [4.69, 9.17) is 23.7 Å². The molecule has 0 bridgehead atoms. The van der Waals surface area contributed by atoms with Gasteiger partial charge in [-0.15, -0.1) is 0 Å². The van der Waals surface area contributed by atoms with Crippen molar-refractivity contribution in [2.24, 2.45) is 11.8 Å². The van der Waals surface area contributed by atoms with E-state index >= 15 is 0 Å². The summed E-state index contributed by atoms with van der Waals surface area (Å²) in [6.07, 6.45) is 5.88. The van der Waals surface area contributed by atoms with E-state index in [1.165, 1.54) is 20.8 Å². The Morgan fingerprint density at radius 2 is 1.91 bits per heavy atom. The molecule has 34 heavy (non-hydrogen) atoms. The Balaban J connectivity index is 1.91. The van der Waals surface area contributed by atoms with Crippen molar-refractivity contribution in [2.75, 3.05) is 6.61 Å². The lowest BCUT2D eigenvalue weighted by atomic mass is 9.74. The molecule has 2 aliphatic heterocycles. The number of rotatable bonds is 7. The van der Waals surface area contributed by atoms with E-state index in [1.54, 1.807) is 6.26 Å². The fourth-order valence-electron chi connectivity index (χ4n) is 4.95. The lowest BCUT2D eigenvalue weighted by Gasteiger charge is -2.40. The van der Waals surface area contributed by atoms with E-state index < -0.39 is 24.3 Å². The Bertz CT molecular complexity index is 887. The average molecular weight is 477 g/mol. The zero-order valence-corrected chi connectivity index (χ0v) is 20.8. The molecule has 0 unspecified atom stereocenters. The molecular formula is C26H36O8. The van der Waals surface area contributed by atoms with Crippen molar-refractivity contribution in [1.82, 2.24) is 0 Å². The van der Waals surface area contributed by atoms with Crippen LogP contribution in [0.5, 0.6) is 0 Å². The highest BCUT2D eigenvalue weighted by molar-refractivity contribution is 5.67. The Morgan fingerprint density at radius 3 is 2.56 bits per heavy atom. The van der Waals surface area contributed by atoms with Crippen LogP contribution < -0.4 is 0 Å². The van der Waals surface area contributed by atoms with Crippen LogP contribution in [0.2, 0.25) is 0 Å². The van der Waals surface area contributed by atoms with Crippen molar-refractivity contribution in [3.05, 3.63) is 35.6 Å². The van der Waals surface area contributed by atoms with Gasteiger partial charge in [0.15, 0.2) is 0 Å². The van der Waals surface area contributed by atoms with Gasteiger partial charge in [0, 0.05) is 38.7 Å². The molecule has 1 aliphatic carbocycles. The Hall–Kier alpha value is -2.61. The standard InChI is InChI=1S/C26H36O8/c1-15(13-30-17(3)27)7-9-22(32-18(4)28)21-14-31-25(33-19(5)29)24-16(2)8-10-23-26(6,34-23)12-11-20(21)24/h7,14,20,22-25H,2,8-13H2,1,3-6H3/b15-7+/t20-,22+,23+,24+,25-,26+/m1/s1. The van der Waals surface area contributed by atoms with Gasteiger partial charge in [-0.25, -0.2) is 0 Å². The van der Waals surface area contributed by atoms with Gasteiger partial charge in [-0.05, 0) is 45.1 Å². The third-order valence-electron chi connectivity index (χ3n) is 6.82. The van der Waals surface area contributed by atoms with Crippen LogP contribution in [-0.2, 0) is 38.1 Å². The maximum atomic E-state index is 12.0. The molecule has 0 aromatic carbocycles. The molecule has 0 radical (unpaired) electrons. The van der Waals surface area contributed by atoms with Crippen molar-refractivity contribution in [2.45, 2.75) is 90.8 Å². The van der Waals surface area contributed by atoms with Gasteiger partial charge < -0.3 is 23.7 Å². The van der Waals surface area contributed by atoms with Crippen LogP contribution in [-0.4, -0.2) is 48.6 Å². The van der Waals surface area contributed by atoms with Gasteiger partial charge in [0.2, 0.25) is 6.29 Å². The molecule has 2 heterocycles. The van der Waals surface area contributed by atoms with E-state index in [9.17, 15) is 14.4 Å². The van der Waals surface area contributed by atoms with E-state index in [0.29, 0.717) is 6.42 Å². The average Bonchev–Trinajstić information content (AvgIpc) is 3.40. The lowest BCUT2D eigenvalue weighted by molar-refractivity contribution is -0.181. The smallest absolute Gasteiger partial charge is 0.305 e. The van der Waals surface area contributed by atoms with Crippen LogP contribution in [0.4, 0.5) is 0 Å². The third-order valence-corrected chi connectivity index (χ3v) is 6.82. The first kappa shape index (κ1) is 26.0. The van der Waals surface area contributed by atoms with Crippen LogP contribution >= 0.6 is 0 Å². The highest BCUT2D eigenvalue weighted by Crippen LogP contribution is 2.50. The molecule has 2 fully saturated rings. The van der Waals surface area contributed by atoms with Crippen LogP contribution in [0.15, 0.2) is 35.6 Å². The monoisotopic (exact) mass is 476 g/mol. The summed E-state index contributed by atoms with van der Waals surface area (Å²) in [5.41, 5.74) is 2.43. The van der Waals surface area contributed by atoms with E-state index in [1.807, 2.05) is 13.0 Å². The molecule has 1 saturated heterocycles. The molecule has 3 aliphatic rings. The third kappa shape index (κ3) is 6.50. The highest BCUT2D eigenvalue weighted by atomic mass is 16.7. The molecule has 1 saturated carbocycles. The summed E-state index contributed by atoms with van der Waals surface area (Å²) < 4.78 is 28.2. The van der Waals surface area contributed by atoms with Gasteiger partial charge in [0.1, 0.15) is 12.7 Å². The molecule has 0 amide bonds. The number of hydrogen-bond donors (Lipinski definition) is 0. The van der Waals surface area contributed by atoms with Crippen molar-refractivity contribution < 1.29 is 38.1 Å². The van der Waals surface area contributed by atoms with Crippen molar-refractivity contribution in [3.63, 3.8) is 0 Å². The van der Waals surface area contributed by atoms with Crippen LogP contribution in [0.3, 0.4) is 0 Å². The molecule has 8 nitrogen and oxygen atoms in total. The normalized spacial score (nSPS) is 31.7. The summed E-state index contributed by atoms with van der Waals surface area (Å²) in [7, 11) is 0. The topological polar surface area (TPSA) is 101 Å². The first-order valence-electron chi connectivity index (χ1n) is 11.8. The number of carbonyl (C=O) groups is 3. The minimum atomic E-state index is -0.777. The lowest BCUT2D eigenvalue weighted by Crippen LogP contribution is -2.41. The predicted molar refractivity (Wildman–Crippen MR) is 123 cm³/mol. The Labute approximate surface area is 201 Å². The van der Waals surface area contributed by atoms with E-state index in [2.05, 4.69) is 13.5 Å². The second-order valence-corrected chi connectivity index (χ2v) is 9.68. The van der Waals surface area contributed by atoms with Gasteiger partial charge in [0.25, 0.3) is 0 Å². The molecule has 8 heteroatoms. The number of fused-ring (bicyclic) bond motifs is 2. The number of carbonyl (C=O) groups excluding carboxylic acids is 3. The van der Waals surface area contributed by atoms with Crippen LogP contribution in [0.25, 0.3) is 0 Å². The fourth-order valence-corrected chi connectivity index (χ4v) is 4.95. The van der Waals surface area contributed by atoms with Gasteiger partial charge >= 0.3 is 17.9 Å². The maximum Gasteiger partial charge on any atom is 0.305 e. The van der Waals surface area contributed by atoms with Crippen molar-refractivity contribution in [3.8, 4) is 0 Å². The number of epoxide rings is 1. The van der Waals surface area contributed by atoms with Gasteiger partial charge in [0.05, 0.1) is 23.9 Å². The zero-order chi connectivity index (χ0) is 25.0. The summed E-state index contributed by atoms with van der Waals surface area (Å²) in [5.74, 6) is -1.54. The molecule has 0 aromatic rings. The van der Waals surface area contributed by atoms with Gasteiger partial charge in [-0.2, -0.15) is 0 Å². The molecule has 3 rings (SSSR count). The Kier molecular flexibility index (Phi) is 8.23. The quantitative estimate of drug-likeness (QED) is 0.234. The maximum absolute atomic E-state index is 12.0. The summed E-state index contributed by atoms with van der Waals surface area (Å²) >= 11 is 0. The van der Waals surface area contributed by atoms with Crippen molar-refractivity contribution in [1.29, 1.82) is 0 Å². The predicted octanol–water partition coefficient (Wildman–Crippen LogP) is 4.14. The zero-order valence-electron chi connectivity index (χ0n) is 20.8. The largest absolute Gasteiger partial charge is 0.462 e. The Morgan fingerprint density at radius 1 is 1.18 bits per heavy atom. The second kappa shape index (κ2) is 10.8. The number of esters is 3. The SMILES string of the molecule is C=C1CC[C@@H]2O[C@@]2(C)CC[C@@H]2C([C@H](C/C=C(\C)COC(C)=O)OC(C)=O)=CO[C@H](OC(C)=O)[C@@H]12. The fraction of sp³-hybridized carbons (Fsp3) is 0.654. The summed E-state index contributed by atoms with van der Waals surface area (Å²) in [5, 5.41) is 0. The molecular weight excluding hydrogens is 440 g/mol. The molecule has 0 aromatic heterocycles. The molecule has 0 spiro atoms. The van der Waals surface area contributed by atoms with Gasteiger partial charge in [-0.3, -0.25) is 14.4 Å².